The zero-order chi connectivity index (χ0) is 24.5. The Morgan fingerprint density at radius 1 is 1.03 bits per heavy atom. The van der Waals surface area contributed by atoms with Crippen LogP contribution in [0.15, 0.2) is 53.3 Å². The van der Waals surface area contributed by atoms with Crippen LogP contribution < -0.4 is 10.9 Å². The number of aromatic nitrogens is 3. The zero-order valence-electron chi connectivity index (χ0n) is 18.1. The Labute approximate surface area is 202 Å². The van der Waals surface area contributed by atoms with Crippen LogP contribution in [0.4, 0.5) is 19.1 Å². The minimum absolute atomic E-state index is 0.0530. The van der Waals surface area contributed by atoms with Crippen LogP contribution >= 0.6 is 11.6 Å². The monoisotopic (exact) mass is 502 g/mol. The van der Waals surface area contributed by atoms with Crippen LogP contribution in [-0.2, 0) is 9.47 Å². The first kappa shape index (κ1) is 23.3. The summed E-state index contributed by atoms with van der Waals surface area (Å²) in [6.07, 6.45) is 0.108. The molecule has 0 atom stereocenters. The van der Waals surface area contributed by atoms with E-state index in [0.717, 1.165) is 28.8 Å². The number of ether oxygens (including phenoxy) is 2. The number of rotatable bonds is 6. The van der Waals surface area contributed by atoms with Gasteiger partial charge in [-0.25, -0.2) is 18.2 Å². The van der Waals surface area contributed by atoms with Crippen LogP contribution in [0.25, 0.3) is 28.0 Å². The van der Waals surface area contributed by atoms with E-state index in [-0.39, 0.29) is 34.0 Å². The van der Waals surface area contributed by atoms with Crippen LogP contribution in [0.2, 0.25) is 5.02 Å². The van der Waals surface area contributed by atoms with Gasteiger partial charge < -0.3 is 14.8 Å². The molecule has 7 nitrogen and oxygen atoms in total. The van der Waals surface area contributed by atoms with E-state index in [1.807, 2.05) is 0 Å². The lowest BCUT2D eigenvalue weighted by Gasteiger charge is -2.16. The Hall–Kier alpha value is -3.47. The zero-order valence-corrected chi connectivity index (χ0v) is 18.9. The third-order valence-corrected chi connectivity index (χ3v) is 5.76. The summed E-state index contributed by atoms with van der Waals surface area (Å²) in [5.74, 6) is -2.35. The van der Waals surface area contributed by atoms with E-state index in [1.54, 1.807) is 0 Å². The predicted octanol–water partition coefficient (Wildman–Crippen LogP) is 4.69. The summed E-state index contributed by atoms with van der Waals surface area (Å²) in [5, 5.41) is 3.38. The molecule has 0 unspecified atom stereocenters. The van der Waals surface area contributed by atoms with Crippen molar-refractivity contribution in [1.82, 2.24) is 14.5 Å². The molecule has 0 spiro atoms. The highest BCUT2D eigenvalue weighted by molar-refractivity contribution is 6.33. The molecule has 0 radical (unpaired) electrons. The number of anilines is 1. The largest absolute Gasteiger partial charge is 0.354 e. The Bertz CT molecular complexity index is 1450. The minimum atomic E-state index is -0.940. The highest BCUT2D eigenvalue weighted by atomic mass is 35.5. The molecule has 180 valence electrons. The summed E-state index contributed by atoms with van der Waals surface area (Å²) >= 11 is 6.30. The fourth-order valence-corrected chi connectivity index (χ4v) is 4.13. The van der Waals surface area contributed by atoms with E-state index in [4.69, 9.17) is 21.1 Å². The smallest absolute Gasteiger partial charge is 0.256 e. The molecule has 3 heterocycles. The summed E-state index contributed by atoms with van der Waals surface area (Å²) in [4.78, 5) is 21.8. The Morgan fingerprint density at radius 2 is 1.77 bits per heavy atom. The van der Waals surface area contributed by atoms with Gasteiger partial charge in [-0.15, -0.1) is 0 Å². The molecular weight excluding hydrogens is 485 g/mol. The van der Waals surface area contributed by atoms with Crippen molar-refractivity contribution < 1.29 is 22.6 Å². The second kappa shape index (κ2) is 9.65. The summed E-state index contributed by atoms with van der Waals surface area (Å²) < 4.78 is 54.8. The molecule has 1 aliphatic heterocycles. The first-order valence-corrected chi connectivity index (χ1v) is 11.1. The van der Waals surface area contributed by atoms with E-state index in [1.165, 1.54) is 24.3 Å². The highest BCUT2D eigenvalue weighted by Gasteiger charge is 2.21. The van der Waals surface area contributed by atoms with E-state index >= 15 is 0 Å². The molecule has 2 aromatic carbocycles. The molecule has 1 fully saturated rings. The average molecular weight is 503 g/mol. The molecule has 5 rings (SSSR count). The van der Waals surface area contributed by atoms with Gasteiger partial charge >= 0.3 is 0 Å². The lowest BCUT2D eigenvalue weighted by molar-refractivity contribution is -0.0439. The van der Waals surface area contributed by atoms with Gasteiger partial charge in [0.15, 0.2) is 11.9 Å². The van der Waals surface area contributed by atoms with E-state index in [0.29, 0.717) is 31.7 Å². The quantitative estimate of drug-likeness (QED) is 0.412. The standard InChI is InChI=1S/C24H18ClF3N4O3/c25-16-12-13(26)4-5-14(16)21-15-6-7-19(33)32(22-17(27)2-1-3-18(22)28)23(15)31-24(30-21)29-9-8-20-34-10-11-35-20/h1-7,12,20H,8-11H2,(H,29,30,31). The van der Waals surface area contributed by atoms with Crippen molar-refractivity contribution in [3.05, 3.63) is 81.4 Å². The summed E-state index contributed by atoms with van der Waals surface area (Å²) in [6, 6.07) is 9.65. The average Bonchev–Trinajstić information content (AvgIpc) is 3.33. The lowest BCUT2D eigenvalue weighted by Crippen LogP contribution is -2.22. The number of fused-ring (bicyclic) bond motifs is 1. The van der Waals surface area contributed by atoms with Gasteiger partial charge in [0, 0.05) is 30.0 Å². The Morgan fingerprint density at radius 3 is 2.49 bits per heavy atom. The van der Waals surface area contributed by atoms with Crippen molar-refractivity contribution in [3.8, 4) is 16.9 Å². The molecule has 11 heteroatoms. The fraction of sp³-hybridized carbons (Fsp3) is 0.208. The fourth-order valence-electron chi connectivity index (χ4n) is 3.88. The Kier molecular flexibility index (Phi) is 6.42. The molecule has 0 amide bonds. The predicted molar refractivity (Wildman–Crippen MR) is 124 cm³/mol. The molecule has 0 bridgehead atoms. The van der Waals surface area contributed by atoms with Gasteiger partial charge in [-0.1, -0.05) is 17.7 Å². The topological polar surface area (TPSA) is 78.3 Å². The van der Waals surface area contributed by atoms with Crippen LogP contribution in [0, 0.1) is 17.5 Å². The second-order valence-electron chi connectivity index (χ2n) is 7.72. The van der Waals surface area contributed by atoms with Gasteiger partial charge in [-0.3, -0.25) is 9.36 Å². The number of pyridine rings is 1. The van der Waals surface area contributed by atoms with Crippen molar-refractivity contribution in [1.29, 1.82) is 0 Å². The van der Waals surface area contributed by atoms with E-state index < -0.39 is 28.7 Å². The number of para-hydroxylation sites is 1. The van der Waals surface area contributed by atoms with Crippen molar-refractivity contribution in [2.24, 2.45) is 0 Å². The van der Waals surface area contributed by atoms with Gasteiger partial charge in [0.2, 0.25) is 5.95 Å². The number of nitrogens with zero attached hydrogens (tertiary/aromatic N) is 3. The van der Waals surface area contributed by atoms with Crippen LogP contribution in [-0.4, -0.2) is 40.6 Å². The minimum Gasteiger partial charge on any atom is -0.354 e. The van der Waals surface area contributed by atoms with Gasteiger partial charge in [-0.05, 0) is 36.4 Å². The third-order valence-electron chi connectivity index (χ3n) is 5.45. The molecule has 0 aliphatic carbocycles. The second-order valence-corrected chi connectivity index (χ2v) is 8.13. The highest BCUT2D eigenvalue weighted by Crippen LogP contribution is 2.33. The van der Waals surface area contributed by atoms with Gasteiger partial charge in [0.25, 0.3) is 5.56 Å². The number of nitrogens with one attached hydrogen (secondary N) is 1. The maximum absolute atomic E-state index is 14.7. The van der Waals surface area contributed by atoms with E-state index in [2.05, 4.69) is 15.3 Å². The number of hydrogen-bond acceptors (Lipinski definition) is 6. The SMILES string of the molecule is O=c1ccc2c(-c3ccc(F)cc3Cl)nc(NCCC3OCCO3)nc2n1-c1c(F)cccc1F. The number of benzene rings is 2. The van der Waals surface area contributed by atoms with Crippen molar-refractivity contribution in [3.63, 3.8) is 0 Å². The summed E-state index contributed by atoms with van der Waals surface area (Å²) in [5.41, 5.74) is -0.721. The summed E-state index contributed by atoms with van der Waals surface area (Å²) in [6.45, 7) is 1.35. The number of hydrogen-bond donors (Lipinski definition) is 1. The lowest BCUT2D eigenvalue weighted by atomic mass is 10.1. The van der Waals surface area contributed by atoms with Gasteiger partial charge in [-0.2, -0.15) is 4.98 Å². The first-order valence-electron chi connectivity index (χ1n) is 10.7. The maximum Gasteiger partial charge on any atom is 0.256 e. The molecule has 1 N–H and O–H groups in total. The van der Waals surface area contributed by atoms with Gasteiger partial charge in [0.1, 0.15) is 23.1 Å². The molecule has 1 saturated heterocycles. The van der Waals surface area contributed by atoms with Crippen LogP contribution in [0.5, 0.6) is 0 Å². The molecule has 0 saturated carbocycles. The summed E-state index contributed by atoms with van der Waals surface area (Å²) in [7, 11) is 0. The third kappa shape index (κ3) is 4.60. The molecular formula is C24H18ClF3N4O3. The van der Waals surface area contributed by atoms with Crippen LogP contribution in [0.3, 0.4) is 0 Å². The van der Waals surface area contributed by atoms with Crippen LogP contribution in [0.1, 0.15) is 6.42 Å². The molecule has 1 aliphatic rings. The molecule has 4 aromatic rings. The Balaban J connectivity index is 1.71. The van der Waals surface area contributed by atoms with Crippen molar-refractivity contribution in [2.45, 2.75) is 12.7 Å². The molecule has 2 aromatic heterocycles. The van der Waals surface area contributed by atoms with Gasteiger partial charge in [0.05, 0.1) is 23.9 Å². The van der Waals surface area contributed by atoms with Crippen molar-refractivity contribution >= 4 is 28.6 Å². The molecule has 35 heavy (non-hydrogen) atoms. The normalized spacial score (nSPS) is 14.1. The number of halogens is 4. The van der Waals surface area contributed by atoms with Crippen molar-refractivity contribution in [2.75, 3.05) is 25.1 Å². The van der Waals surface area contributed by atoms with E-state index in [9.17, 15) is 18.0 Å². The maximum atomic E-state index is 14.7. The first-order chi connectivity index (χ1) is 16.9.